The van der Waals surface area contributed by atoms with E-state index in [0.717, 1.165) is 11.1 Å². The Morgan fingerprint density at radius 1 is 1.50 bits per heavy atom. The molecular formula is C14H19N5O. The maximum atomic E-state index is 12.1. The number of carbonyl (C=O) groups is 1. The number of amides is 1. The van der Waals surface area contributed by atoms with Crippen LogP contribution in [0.25, 0.3) is 0 Å². The van der Waals surface area contributed by atoms with Crippen molar-refractivity contribution in [2.45, 2.75) is 26.4 Å². The molecule has 1 aromatic carbocycles. The Morgan fingerprint density at radius 2 is 2.30 bits per heavy atom. The summed E-state index contributed by atoms with van der Waals surface area (Å²) in [6, 6.07) is 7.96. The summed E-state index contributed by atoms with van der Waals surface area (Å²) in [6.45, 7) is 4.98. The van der Waals surface area contributed by atoms with E-state index in [9.17, 15) is 4.79 Å². The number of nitrogens with two attached hydrogens (primary N) is 1. The SMILES string of the molecule is Cc1cccc([C@@H](C)NC(=O)c2cn(CCN)nn2)c1. The molecule has 20 heavy (non-hydrogen) atoms. The summed E-state index contributed by atoms with van der Waals surface area (Å²) in [7, 11) is 0. The van der Waals surface area contributed by atoms with Crippen molar-refractivity contribution in [2.24, 2.45) is 5.73 Å². The third kappa shape index (κ3) is 3.42. The van der Waals surface area contributed by atoms with Crippen LogP contribution in [0.4, 0.5) is 0 Å². The standard InChI is InChI=1S/C14H19N5O/c1-10-4-3-5-12(8-10)11(2)16-14(20)13-9-19(7-6-15)18-17-13/h3-5,8-9,11H,6-7,15H2,1-2H3,(H,16,20)/t11-/m1/s1. The van der Waals surface area contributed by atoms with Crippen molar-refractivity contribution in [3.05, 3.63) is 47.3 Å². The molecule has 0 fully saturated rings. The molecule has 0 saturated heterocycles. The van der Waals surface area contributed by atoms with Crippen molar-refractivity contribution >= 4 is 5.91 Å². The first-order chi connectivity index (χ1) is 9.60. The third-order valence-electron chi connectivity index (χ3n) is 3.02. The molecule has 1 aromatic heterocycles. The minimum absolute atomic E-state index is 0.0814. The van der Waals surface area contributed by atoms with Gasteiger partial charge in [0.05, 0.1) is 18.8 Å². The van der Waals surface area contributed by atoms with E-state index >= 15 is 0 Å². The maximum absolute atomic E-state index is 12.1. The molecule has 0 aliphatic rings. The van der Waals surface area contributed by atoms with Gasteiger partial charge in [-0.1, -0.05) is 35.0 Å². The lowest BCUT2D eigenvalue weighted by molar-refractivity contribution is 0.0934. The number of hydrogen-bond donors (Lipinski definition) is 2. The van der Waals surface area contributed by atoms with Crippen LogP contribution in [-0.2, 0) is 6.54 Å². The first-order valence-corrected chi connectivity index (χ1v) is 6.58. The monoisotopic (exact) mass is 273 g/mol. The largest absolute Gasteiger partial charge is 0.344 e. The molecule has 1 amide bonds. The Morgan fingerprint density at radius 3 is 3.00 bits per heavy atom. The quantitative estimate of drug-likeness (QED) is 0.852. The van der Waals surface area contributed by atoms with Gasteiger partial charge in [-0.15, -0.1) is 5.10 Å². The topological polar surface area (TPSA) is 85.8 Å². The lowest BCUT2D eigenvalue weighted by atomic mass is 10.1. The summed E-state index contributed by atoms with van der Waals surface area (Å²) in [5, 5.41) is 10.6. The molecule has 0 saturated carbocycles. The first kappa shape index (κ1) is 14.2. The number of nitrogens with one attached hydrogen (secondary N) is 1. The number of benzene rings is 1. The highest BCUT2D eigenvalue weighted by Crippen LogP contribution is 2.14. The summed E-state index contributed by atoms with van der Waals surface area (Å²) >= 11 is 0. The molecule has 6 nitrogen and oxygen atoms in total. The van der Waals surface area contributed by atoms with E-state index < -0.39 is 0 Å². The number of rotatable bonds is 5. The second kappa shape index (κ2) is 6.29. The van der Waals surface area contributed by atoms with Crippen molar-refractivity contribution in [1.82, 2.24) is 20.3 Å². The average molecular weight is 273 g/mol. The second-order valence-electron chi connectivity index (χ2n) is 4.76. The van der Waals surface area contributed by atoms with Crippen LogP contribution in [0.3, 0.4) is 0 Å². The molecule has 2 aromatic rings. The van der Waals surface area contributed by atoms with Gasteiger partial charge in [0, 0.05) is 6.54 Å². The molecule has 6 heteroatoms. The highest BCUT2D eigenvalue weighted by Gasteiger charge is 2.14. The van der Waals surface area contributed by atoms with E-state index in [4.69, 9.17) is 5.73 Å². The molecule has 1 atom stereocenters. The Bertz CT molecular complexity index is 593. The predicted octanol–water partition coefficient (Wildman–Crippen LogP) is 1.04. The maximum Gasteiger partial charge on any atom is 0.273 e. The zero-order chi connectivity index (χ0) is 14.5. The van der Waals surface area contributed by atoms with Gasteiger partial charge in [-0.25, -0.2) is 0 Å². The normalized spacial score (nSPS) is 12.2. The molecule has 0 aliphatic carbocycles. The van der Waals surface area contributed by atoms with E-state index in [0.29, 0.717) is 18.8 Å². The molecule has 3 N–H and O–H groups in total. The fourth-order valence-corrected chi connectivity index (χ4v) is 1.94. The number of nitrogens with zero attached hydrogens (tertiary/aromatic N) is 3. The number of aromatic nitrogens is 3. The summed E-state index contributed by atoms with van der Waals surface area (Å²) in [5.41, 5.74) is 7.96. The van der Waals surface area contributed by atoms with E-state index in [-0.39, 0.29) is 11.9 Å². The third-order valence-corrected chi connectivity index (χ3v) is 3.02. The van der Waals surface area contributed by atoms with Crippen LogP contribution in [0.2, 0.25) is 0 Å². The predicted molar refractivity (Wildman–Crippen MR) is 76.1 cm³/mol. The van der Waals surface area contributed by atoms with Crippen LogP contribution >= 0.6 is 0 Å². The van der Waals surface area contributed by atoms with Gasteiger partial charge < -0.3 is 11.1 Å². The van der Waals surface area contributed by atoms with Gasteiger partial charge in [-0.2, -0.15) is 0 Å². The molecular weight excluding hydrogens is 254 g/mol. The Kier molecular flexibility index (Phi) is 4.47. The van der Waals surface area contributed by atoms with Crippen molar-refractivity contribution in [2.75, 3.05) is 6.54 Å². The zero-order valence-electron chi connectivity index (χ0n) is 11.7. The van der Waals surface area contributed by atoms with Crippen molar-refractivity contribution in [3.63, 3.8) is 0 Å². The van der Waals surface area contributed by atoms with Gasteiger partial charge in [-0.05, 0) is 19.4 Å². The minimum Gasteiger partial charge on any atom is -0.344 e. The van der Waals surface area contributed by atoms with Gasteiger partial charge >= 0.3 is 0 Å². The first-order valence-electron chi connectivity index (χ1n) is 6.58. The van der Waals surface area contributed by atoms with Crippen molar-refractivity contribution < 1.29 is 4.79 Å². The molecule has 0 unspecified atom stereocenters. The molecule has 0 spiro atoms. The van der Waals surface area contributed by atoms with Gasteiger partial charge in [0.2, 0.25) is 0 Å². The van der Waals surface area contributed by atoms with Gasteiger partial charge in [-0.3, -0.25) is 9.48 Å². The summed E-state index contributed by atoms with van der Waals surface area (Å²) < 4.78 is 1.56. The van der Waals surface area contributed by atoms with E-state index in [1.54, 1.807) is 10.9 Å². The fourth-order valence-electron chi connectivity index (χ4n) is 1.94. The van der Waals surface area contributed by atoms with Crippen LogP contribution in [0, 0.1) is 6.92 Å². The van der Waals surface area contributed by atoms with Crippen molar-refractivity contribution in [1.29, 1.82) is 0 Å². The van der Waals surface area contributed by atoms with E-state index in [2.05, 4.69) is 21.7 Å². The second-order valence-corrected chi connectivity index (χ2v) is 4.76. The smallest absolute Gasteiger partial charge is 0.273 e. The summed E-state index contributed by atoms with van der Waals surface area (Å²) in [4.78, 5) is 12.1. The number of hydrogen-bond acceptors (Lipinski definition) is 4. The van der Waals surface area contributed by atoms with E-state index in [1.165, 1.54) is 0 Å². The molecule has 2 rings (SSSR count). The Hall–Kier alpha value is -2.21. The highest BCUT2D eigenvalue weighted by molar-refractivity contribution is 5.92. The van der Waals surface area contributed by atoms with E-state index in [1.807, 2.05) is 32.0 Å². The minimum atomic E-state index is -0.234. The Labute approximate surface area is 118 Å². The van der Waals surface area contributed by atoms with Crippen LogP contribution in [-0.4, -0.2) is 27.4 Å². The fraction of sp³-hybridized carbons (Fsp3) is 0.357. The summed E-state index contributed by atoms with van der Waals surface area (Å²) in [6.07, 6.45) is 1.60. The molecule has 1 heterocycles. The van der Waals surface area contributed by atoms with Crippen LogP contribution < -0.4 is 11.1 Å². The average Bonchev–Trinajstić information content (AvgIpc) is 2.88. The zero-order valence-corrected chi connectivity index (χ0v) is 11.7. The highest BCUT2D eigenvalue weighted by atomic mass is 16.2. The molecule has 0 radical (unpaired) electrons. The lowest BCUT2D eigenvalue weighted by Gasteiger charge is -2.13. The molecule has 106 valence electrons. The summed E-state index contributed by atoms with van der Waals surface area (Å²) in [5.74, 6) is -0.234. The van der Waals surface area contributed by atoms with Crippen molar-refractivity contribution in [3.8, 4) is 0 Å². The number of carbonyl (C=O) groups excluding carboxylic acids is 1. The van der Waals surface area contributed by atoms with Gasteiger partial charge in [0.1, 0.15) is 0 Å². The van der Waals surface area contributed by atoms with Crippen LogP contribution in [0.15, 0.2) is 30.5 Å². The Balaban J connectivity index is 2.03. The molecule has 0 aliphatic heterocycles. The van der Waals surface area contributed by atoms with Gasteiger partial charge in [0.25, 0.3) is 5.91 Å². The number of aryl methyl sites for hydroxylation is 1. The van der Waals surface area contributed by atoms with Gasteiger partial charge in [0.15, 0.2) is 5.69 Å². The lowest BCUT2D eigenvalue weighted by Crippen LogP contribution is -2.27. The molecule has 0 bridgehead atoms. The van der Waals surface area contributed by atoms with Crippen LogP contribution in [0.5, 0.6) is 0 Å². The van der Waals surface area contributed by atoms with Crippen LogP contribution in [0.1, 0.15) is 34.6 Å².